The number of nitrogens with zero attached hydrogens (tertiary/aromatic N) is 1. The van der Waals surface area contributed by atoms with Crippen LogP contribution in [0.15, 0.2) is 23.1 Å². The Morgan fingerprint density at radius 3 is 2.53 bits per heavy atom. The molecule has 0 aromatic heterocycles. The molecular formula is C9H7F3N2S. The molecule has 0 unspecified atom stereocenters. The molecular weight excluding hydrogens is 225 g/mol. The van der Waals surface area contributed by atoms with Gasteiger partial charge in [0.15, 0.2) is 0 Å². The van der Waals surface area contributed by atoms with Crippen molar-refractivity contribution in [2.24, 2.45) is 0 Å². The van der Waals surface area contributed by atoms with Gasteiger partial charge in [0.1, 0.15) is 0 Å². The van der Waals surface area contributed by atoms with E-state index in [-0.39, 0.29) is 11.4 Å². The third-order valence-corrected chi connectivity index (χ3v) is 2.59. The van der Waals surface area contributed by atoms with Crippen LogP contribution < -0.4 is 5.73 Å². The fourth-order valence-corrected chi connectivity index (χ4v) is 1.58. The molecule has 0 aliphatic rings. The molecule has 0 amide bonds. The number of alkyl halides is 3. The molecule has 0 atom stereocenters. The lowest BCUT2D eigenvalue weighted by atomic mass is 10.2. The number of hydrogen-bond acceptors (Lipinski definition) is 3. The highest BCUT2D eigenvalue weighted by Crippen LogP contribution is 2.33. The summed E-state index contributed by atoms with van der Waals surface area (Å²) in [5.74, 6) is 0.162. The Bertz CT molecular complexity index is 395. The van der Waals surface area contributed by atoms with Gasteiger partial charge in [-0.15, -0.1) is 11.8 Å². The van der Waals surface area contributed by atoms with Crippen LogP contribution >= 0.6 is 11.8 Å². The lowest BCUT2D eigenvalue weighted by Crippen LogP contribution is -2.05. The van der Waals surface area contributed by atoms with Crippen LogP contribution in [-0.4, -0.2) is 5.75 Å². The highest BCUT2D eigenvalue weighted by Gasteiger charge is 2.30. The van der Waals surface area contributed by atoms with E-state index in [1.165, 1.54) is 6.07 Å². The maximum Gasteiger partial charge on any atom is 0.416 e. The summed E-state index contributed by atoms with van der Waals surface area (Å²) in [4.78, 5) is 0.490. The van der Waals surface area contributed by atoms with Crippen molar-refractivity contribution in [3.05, 3.63) is 23.8 Å². The van der Waals surface area contributed by atoms with Gasteiger partial charge in [-0.1, -0.05) is 0 Å². The fourth-order valence-electron chi connectivity index (χ4n) is 0.966. The van der Waals surface area contributed by atoms with E-state index in [9.17, 15) is 13.2 Å². The quantitative estimate of drug-likeness (QED) is 0.630. The average molecular weight is 232 g/mol. The smallest absolute Gasteiger partial charge is 0.398 e. The van der Waals surface area contributed by atoms with Crippen molar-refractivity contribution in [2.75, 3.05) is 11.5 Å². The van der Waals surface area contributed by atoms with Crippen LogP contribution in [0.4, 0.5) is 18.9 Å². The van der Waals surface area contributed by atoms with Gasteiger partial charge in [-0.05, 0) is 18.2 Å². The van der Waals surface area contributed by atoms with Gasteiger partial charge in [0.2, 0.25) is 0 Å². The first-order valence-corrected chi connectivity index (χ1v) is 4.90. The molecule has 0 bridgehead atoms. The van der Waals surface area contributed by atoms with E-state index in [4.69, 9.17) is 11.0 Å². The number of nitrogens with two attached hydrogens (primary N) is 1. The predicted molar refractivity (Wildman–Crippen MR) is 52.2 cm³/mol. The monoisotopic (exact) mass is 232 g/mol. The van der Waals surface area contributed by atoms with E-state index < -0.39 is 11.7 Å². The second-order valence-corrected chi connectivity index (χ2v) is 3.71. The highest BCUT2D eigenvalue weighted by atomic mass is 32.2. The van der Waals surface area contributed by atoms with Gasteiger partial charge < -0.3 is 5.73 Å². The van der Waals surface area contributed by atoms with Crippen molar-refractivity contribution in [2.45, 2.75) is 11.1 Å². The first kappa shape index (κ1) is 11.7. The summed E-state index contributed by atoms with van der Waals surface area (Å²) >= 11 is 1.11. The van der Waals surface area contributed by atoms with Crippen LogP contribution in [0.3, 0.4) is 0 Å². The van der Waals surface area contributed by atoms with Gasteiger partial charge in [0.25, 0.3) is 0 Å². The predicted octanol–water partition coefficient (Wildman–Crippen LogP) is 2.90. The zero-order valence-corrected chi connectivity index (χ0v) is 8.32. The number of halogens is 3. The van der Waals surface area contributed by atoms with Crippen LogP contribution in [0.25, 0.3) is 0 Å². The minimum atomic E-state index is -4.38. The lowest BCUT2D eigenvalue weighted by molar-refractivity contribution is -0.137. The Hall–Kier alpha value is -1.35. The lowest BCUT2D eigenvalue weighted by Gasteiger charge is -2.09. The second kappa shape index (κ2) is 4.45. The number of benzene rings is 1. The van der Waals surface area contributed by atoms with Crippen molar-refractivity contribution >= 4 is 17.4 Å². The molecule has 6 heteroatoms. The number of nitriles is 1. The van der Waals surface area contributed by atoms with Gasteiger partial charge >= 0.3 is 6.18 Å². The fraction of sp³-hybridized carbons (Fsp3) is 0.222. The normalized spacial score (nSPS) is 11.1. The SMILES string of the molecule is N#CCSc1ccc(C(F)(F)F)cc1N. The summed E-state index contributed by atoms with van der Waals surface area (Å²) in [5.41, 5.74) is 4.70. The molecule has 1 aromatic rings. The zero-order valence-electron chi connectivity index (χ0n) is 7.51. The van der Waals surface area contributed by atoms with Crippen molar-refractivity contribution in [1.82, 2.24) is 0 Å². The molecule has 1 aromatic carbocycles. The van der Waals surface area contributed by atoms with E-state index in [0.717, 1.165) is 23.9 Å². The third-order valence-electron chi connectivity index (χ3n) is 1.63. The van der Waals surface area contributed by atoms with Gasteiger partial charge in [-0.25, -0.2) is 0 Å². The molecule has 0 saturated heterocycles. The van der Waals surface area contributed by atoms with Crippen molar-refractivity contribution in [3.63, 3.8) is 0 Å². The van der Waals surface area contributed by atoms with Crippen molar-refractivity contribution in [1.29, 1.82) is 5.26 Å². The van der Waals surface area contributed by atoms with Crippen LogP contribution in [0.2, 0.25) is 0 Å². The molecule has 80 valence electrons. The Balaban J connectivity index is 2.94. The molecule has 0 radical (unpaired) electrons. The maximum absolute atomic E-state index is 12.2. The number of nitrogen functional groups attached to an aromatic ring is 1. The van der Waals surface area contributed by atoms with Gasteiger partial charge in [-0.2, -0.15) is 18.4 Å². The van der Waals surface area contributed by atoms with Crippen molar-refractivity contribution in [3.8, 4) is 6.07 Å². The Morgan fingerprint density at radius 1 is 1.40 bits per heavy atom. The summed E-state index contributed by atoms with van der Waals surface area (Å²) in [7, 11) is 0. The largest absolute Gasteiger partial charge is 0.416 e. The Kier molecular flexibility index (Phi) is 3.48. The van der Waals surface area contributed by atoms with Gasteiger partial charge in [0, 0.05) is 10.6 Å². The first-order valence-electron chi connectivity index (χ1n) is 3.91. The maximum atomic E-state index is 12.2. The van der Waals surface area contributed by atoms with Crippen LogP contribution in [-0.2, 0) is 6.18 Å². The Morgan fingerprint density at radius 2 is 2.07 bits per heavy atom. The van der Waals surface area contributed by atoms with E-state index in [1.807, 2.05) is 6.07 Å². The van der Waals surface area contributed by atoms with Crippen LogP contribution in [0.5, 0.6) is 0 Å². The summed E-state index contributed by atoms with van der Waals surface area (Å²) in [6, 6.07) is 4.98. The van der Waals surface area contributed by atoms with Crippen LogP contribution in [0, 0.1) is 11.3 Å². The topological polar surface area (TPSA) is 49.8 Å². The first-order chi connectivity index (χ1) is 6.95. The van der Waals surface area contributed by atoms with E-state index in [1.54, 1.807) is 0 Å². The standard InChI is InChI=1S/C9H7F3N2S/c10-9(11,12)6-1-2-8(7(14)5-6)15-4-3-13/h1-2,5H,4,14H2. The van der Waals surface area contributed by atoms with Crippen LogP contribution in [0.1, 0.15) is 5.56 Å². The average Bonchev–Trinajstić information content (AvgIpc) is 2.14. The third kappa shape index (κ3) is 3.06. The highest BCUT2D eigenvalue weighted by molar-refractivity contribution is 7.99. The molecule has 2 N–H and O–H groups in total. The van der Waals surface area contributed by atoms with E-state index in [0.29, 0.717) is 4.90 Å². The molecule has 0 aliphatic heterocycles. The van der Waals surface area contributed by atoms with Crippen molar-refractivity contribution < 1.29 is 13.2 Å². The number of anilines is 1. The molecule has 0 aliphatic carbocycles. The molecule has 2 nitrogen and oxygen atoms in total. The minimum Gasteiger partial charge on any atom is -0.398 e. The molecule has 0 fully saturated rings. The zero-order chi connectivity index (χ0) is 11.5. The molecule has 0 saturated carbocycles. The number of hydrogen-bond donors (Lipinski definition) is 1. The number of rotatable bonds is 2. The summed E-state index contributed by atoms with van der Waals surface area (Å²) in [5, 5.41) is 8.31. The minimum absolute atomic E-state index is 0.0464. The van der Waals surface area contributed by atoms with E-state index in [2.05, 4.69) is 0 Å². The summed E-state index contributed by atoms with van der Waals surface area (Å²) in [6.07, 6.45) is -4.38. The Labute approximate surface area is 88.9 Å². The van der Waals surface area contributed by atoms with Gasteiger partial charge in [0.05, 0.1) is 17.4 Å². The molecule has 1 rings (SSSR count). The number of thioether (sulfide) groups is 1. The molecule has 0 spiro atoms. The van der Waals surface area contributed by atoms with Gasteiger partial charge in [-0.3, -0.25) is 0 Å². The summed E-state index contributed by atoms with van der Waals surface area (Å²) in [6.45, 7) is 0. The molecule has 0 heterocycles. The second-order valence-electron chi connectivity index (χ2n) is 2.70. The summed E-state index contributed by atoms with van der Waals surface area (Å²) < 4.78 is 36.7. The van der Waals surface area contributed by atoms with E-state index >= 15 is 0 Å². The molecule has 15 heavy (non-hydrogen) atoms.